The van der Waals surface area contributed by atoms with E-state index in [4.69, 9.17) is 0 Å². The lowest BCUT2D eigenvalue weighted by molar-refractivity contribution is -0.116. The molecule has 0 unspecified atom stereocenters. The van der Waals surface area contributed by atoms with E-state index in [1.165, 1.54) is 41.7 Å². The first-order valence-corrected chi connectivity index (χ1v) is 12.0. The topological polar surface area (TPSA) is 110 Å². The molecule has 0 bridgehead atoms. The van der Waals surface area contributed by atoms with Crippen LogP contribution in [0.15, 0.2) is 52.4 Å². The number of aryl methyl sites for hydroxylation is 1. The second-order valence-electron chi connectivity index (χ2n) is 9.24. The van der Waals surface area contributed by atoms with Gasteiger partial charge in [-0.1, -0.05) is 0 Å². The van der Waals surface area contributed by atoms with Crippen LogP contribution < -0.4 is 21.5 Å². The van der Waals surface area contributed by atoms with Crippen LogP contribution in [0.2, 0.25) is 0 Å². The van der Waals surface area contributed by atoms with Crippen molar-refractivity contribution < 1.29 is 13.6 Å². The van der Waals surface area contributed by atoms with E-state index in [2.05, 4.69) is 25.1 Å². The SMILES string of the molecule is Cn1c(=O)c2c(ncn2CC(=O)Nc2ccc(N3CCN(Cc4cc(F)cc(F)c4)CC3)cn2)n(C)c1=O. The molecule has 38 heavy (non-hydrogen) atoms. The van der Waals surface area contributed by atoms with Gasteiger partial charge in [-0.05, 0) is 29.8 Å². The molecule has 1 aliphatic rings. The van der Waals surface area contributed by atoms with Gasteiger partial charge in [0, 0.05) is 52.9 Å². The predicted octanol–water partition coefficient (Wildman–Crippen LogP) is 1.07. The van der Waals surface area contributed by atoms with Gasteiger partial charge in [0.15, 0.2) is 11.2 Å². The number of hydrogen-bond donors (Lipinski definition) is 1. The number of piperazine rings is 1. The molecule has 5 rings (SSSR count). The summed E-state index contributed by atoms with van der Waals surface area (Å²) in [5.41, 5.74) is 0.838. The maximum atomic E-state index is 13.5. The Labute approximate surface area is 215 Å². The number of carbonyl (C=O) groups is 1. The molecule has 1 amide bonds. The Kier molecular flexibility index (Phi) is 6.76. The lowest BCUT2D eigenvalue weighted by Gasteiger charge is -2.36. The molecule has 3 aromatic heterocycles. The Bertz CT molecular complexity index is 1600. The number of benzene rings is 1. The summed E-state index contributed by atoms with van der Waals surface area (Å²) < 4.78 is 30.6. The van der Waals surface area contributed by atoms with Crippen LogP contribution in [0.1, 0.15) is 5.56 Å². The van der Waals surface area contributed by atoms with Crippen molar-refractivity contribution in [2.45, 2.75) is 13.1 Å². The van der Waals surface area contributed by atoms with Crippen molar-refractivity contribution in [2.24, 2.45) is 14.1 Å². The lowest BCUT2D eigenvalue weighted by atomic mass is 10.2. The second kappa shape index (κ2) is 10.2. The van der Waals surface area contributed by atoms with Crippen LogP contribution in [0.4, 0.5) is 20.3 Å². The Hall–Kier alpha value is -4.39. The molecule has 13 heteroatoms. The Morgan fingerprint density at radius 1 is 0.974 bits per heavy atom. The average molecular weight is 525 g/mol. The first kappa shape index (κ1) is 25.3. The molecule has 4 heterocycles. The Morgan fingerprint density at radius 3 is 2.34 bits per heavy atom. The molecule has 0 spiro atoms. The van der Waals surface area contributed by atoms with Crippen molar-refractivity contribution in [3.8, 4) is 0 Å². The monoisotopic (exact) mass is 524 g/mol. The standard InChI is InChI=1S/C25H26F2N8O3/c1-31-23-22(24(37)32(2)25(31)38)35(15-29-23)14-21(36)30-20-4-3-19(12-28-20)34-7-5-33(6-8-34)13-16-9-17(26)11-18(27)10-16/h3-4,9-12,15H,5-8,13-14H2,1-2H3,(H,28,30,36). The van der Waals surface area contributed by atoms with E-state index >= 15 is 0 Å². The van der Waals surface area contributed by atoms with Gasteiger partial charge in [0.25, 0.3) is 5.56 Å². The molecular formula is C25H26F2N8O3. The van der Waals surface area contributed by atoms with Crippen LogP contribution in [0.5, 0.6) is 0 Å². The summed E-state index contributed by atoms with van der Waals surface area (Å²) in [6.45, 7) is 3.18. The normalized spacial score (nSPS) is 14.3. The van der Waals surface area contributed by atoms with Crippen LogP contribution in [0.25, 0.3) is 11.2 Å². The summed E-state index contributed by atoms with van der Waals surface area (Å²) in [5.74, 6) is -1.20. The van der Waals surface area contributed by atoms with Crippen LogP contribution in [-0.2, 0) is 32.0 Å². The quantitative estimate of drug-likeness (QED) is 0.402. The highest BCUT2D eigenvalue weighted by atomic mass is 19.1. The minimum Gasteiger partial charge on any atom is -0.368 e. The summed E-state index contributed by atoms with van der Waals surface area (Å²) in [7, 11) is 2.89. The van der Waals surface area contributed by atoms with E-state index in [0.717, 1.165) is 42.5 Å². The summed E-state index contributed by atoms with van der Waals surface area (Å²) in [4.78, 5) is 50.0. The van der Waals surface area contributed by atoms with Gasteiger partial charge >= 0.3 is 5.69 Å². The van der Waals surface area contributed by atoms with Gasteiger partial charge in [0.2, 0.25) is 5.91 Å². The highest BCUT2D eigenvalue weighted by Gasteiger charge is 2.19. The van der Waals surface area contributed by atoms with Crippen molar-refractivity contribution in [1.29, 1.82) is 0 Å². The molecule has 0 radical (unpaired) electrons. The number of aromatic nitrogens is 5. The lowest BCUT2D eigenvalue weighted by Crippen LogP contribution is -2.46. The first-order valence-electron chi connectivity index (χ1n) is 12.0. The van der Waals surface area contributed by atoms with Crippen LogP contribution in [-0.4, -0.2) is 60.7 Å². The van der Waals surface area contributed by atoms with Crippen molar-refractivity contribution >= 4 is 28.6 Å². The van der Waals surface area contributed by atoms with E-state index in [1.807, 2.05) is 6.07 Å². The van der Waals surface area contributed by atoms with Gasteiger partial charge in [0.05, 0.1) is 18.2 Å². The molecule has 0 aliphatic carbocycles. The summed E-state index contributed by atoms with van der Waals surface area (Å²) in [6.07, 6.45) is 3.03. The van der Waals surface area contributed by atoms with Crippen LogP contribution >= 0.6 is 0 Å². The van der Waals surface area contributed by atoms with Gasteiger partial charge in [-0.3, -0.25) is 23.6 Å². The van der Waals surface area contributed by atoms with E-state index in [9.17, 15) is 23.2 Å². The number of rotatable bonds is 6. The highest BCUT2D eigenvalue weighted by Crippen LogP contribution is 2.19. The largest absolute Gasteiger partial charge is 0.368 e. The molecule has 1 aromatic carbocycles. The molecule has 198 valence electrons. The molecule has 0 atom stereocenters. The third-order valence-electron chi connectivity index (χ3n) is 6.61. The number of amides is 1. The maximum Gasteiger partial charge on any atom is 0.332 e. The number of carbonyl (C=O) groups excluding carboxylic acids is 1. The van der Waals surface area contributed by atoms with Gasteiger partial charge in [0.1, 0.15) is 24.0 Å². The van der Waals surface area contributed by atoms with Gasteiger partial charge in [-0.15, -0.1) is 0 Å². The molecule has 1 aliphatic heterocycles. The van der Waals surface area contributed by atoms with Gasteiger partial charge < -0.3 is 14.8 Å². The zero-order valence-electron chi connectivity index (χ0n) is 20.9. The van der Waals surface area contributed by atoms with E-state index in [0.29, 0.717) is 17.9 Å². The fraction of sp³-hybridized carbons (Fsp3) is 0.320. The number of anilines is 2. The number of hydrogen-bond acceptors (Lipinski definition) is 7. The molecule has 11 nitrogen and oxygen atoms in total. The Balaban J connectivity index is 1.18. The van der Waals surface area contributed by atoms with Gasteiger partial charge in [-0.25, -0.2) is 23.5 Å². The molecule has 4 aromatic rings. The number of imidazole rings is 1. The number of halogens is 2. The summed E-state index contributed by atoms with van der Waals surface area (Å²) in [6, 6.07) is 7.13. The number of nitrogens with one attached hydrogen (secondary N) is 1. The average Bonchev–Trinajstić information content (AvgIpc) is 3.30. The van der Waals surface area contributed by atoms with Crippen molar-refractivity contribution in [3.63, 3.8) is 0 Å². The third-order valence-corrected chi connectivity index (χ3v) is 6.61. The van der Waals surface area contributed by atoms with E-state index in [-0.39, 0.29) is 17.7 Å². The fourth-order valence-corrected chi connectivity index (χ4v) is 4.63. The van der Waals surface area contributed by atoms with Crippen LogP contribution in [0.3, 0.4) is 0 Å². The van der Waals surface area contributed by atoms with E-state index < -0.39 is 28.8 Å². The molecule has 1 fully saturated rings. The highest BCUT2D eigenvalue weighted by molar-refractivity contribution is 5.90. The maximum absolute atomic E-state index is 13.5. The Morgan fingerprint density at radius 2 is 1.68 bits per heavy atom. The number of nitrogens with zero attached hydrogens (tertiary/aromatic N) is 7. The molecule has 1 saturated heterocycles. The minimum absolute atomic E-state index is 0.162. The summed E-state index contributed by atoms with van der Waals surface area (Å²) >= 11 is 0. The van der Waals surface area contributed by atoms with Gasteiger partial charge in [-0.2, -0.15) is 0 Å². The van der Waals surface area contributed by atoms with Crippen LogP contribution in [0, 0.1) is 11.6 Å². The molecule has 1 N–H and O–H groups in total. The third kappa shape index (κ3) is 5.05. The molecule has 0 saturated carbocycles. The summed E-state index contributed by atoms with van der Waals surface area (Å²) in [5, 5.41) is 2.71. The first-order chi connectivity index (χ1) is 18.2. The minimum atomic E-state index is -0.577. The zero-order chi connectivity index (χ0) is 27.0. The van der Waals surface area contributed by atoms with Crippen molar-refractivity contribution in [2.75, 3.05) is 36.4 Å². The number of pyridine rings is 1. The van der Waals surface area contributed by atoms with Crippen molar-refractivity contribution in [3.05, 3.63) is 80.9 Å². The van der Waals surface area contributed by atoms with Crippen molar-refractivity contribution in [1.82, 2.24) is 28.6 Å². The zero-order valence-corrected chi connectivity index (χ0v) is 20.9. The smallest absolute Gasteiger partial charge is 0.332 e. The number of fused-ring (bicyclic) bond motifs is 1. The van der Waals surface area contributed by atoms with E-state index in [1.54, 1.807) is 12.3 Å². The molecular weight excluding hydrogens is 498 g/mol. The fourth-order valence-electron chi connectivity index (χ4n) is 4.63. The predicted molar refractivity (Wildman–Crippen MR) is 137 cm³/mol. The second-order valence-corrected chi connectivity index (χ2v) is 9.24.